The molecule has 3 heteroatoms. The van der Waals surface area contributed by atoms with Crippen molar-refractivity contribution in [3.63, 3.8) is 0 Å². The SMILES string of the molecule is CNc1cc(NCC(C)C(C)(C)C)ccn1. The van der Waals surface area contributed by atoms with E-state index in [4.69, 9.17) is 0 Å². The highest BCUT2D eigenvalue weighted by molar-refractivity contribution is 5.51. The highest BCUT2D eigenvalue weighted by Gasteiger charge is 2.19. The summed E-state index contributed by atoms with van der Waals surface area (Å²) in [5.74, 6) is 1.52. The molecule has 0 saturated carbocycles. The summed E-state index contributed by atoms with van der Waals surface area (Å²) in [6.45, 7) is 10.1. The van der Waals surface area contributed by atoms with E-state index in [0.717, 1.165) is 18.1 Å². The fraction of sp³-hybridized carbons (Fsp3) is 0.615. The van der Waals surface area contributed by atoms with Crippen molar-refractivity contribution in [1.82, 2.24) is 4.98 Å². The van der Waals surface area contributed by atoms with Crippen molar-refractivity contribution in [3.05, 3.63) is 18.3 Å². The normalized spacial score (nSPS) is 13.3. The van der Waals surface area contributed by atoms with E-state index in [1.807, 2.05) is 25.4 Å². The highest BCUT2D eigenvalue weighted by Crippen LogP contribution is 2.25. The molecule has 0 radical (unpaired) electrons. The number of nitrogens with zero attached hydrogens (tertiary/aromatic N) is 1. The van der Waals surface area contributed by atoms with E-state index < -0.39 is 0 Å². The van der Waals surface area contributed by atoms with Crippen LogP contribution in [0.1, 0.15) is 27.7 Å². The van der Waals surface area contributed by atoms with E-state index in [9.17, 15) is 0 Å². The number of hydrogen-bond donors (Lipinski definition) is 2. The largest absolute Gasteiger partial charge is 0.385 e. The first-order valence-electron chi connectivity index (χ1n) is 5.81. The summed E-state index contributed by atoms with van der Waals surface area (Å²) in [6, 6.07) is 4.02. The molecule has 0 aromatic carbocycles. The summed E-state index contributed by atoms with van der Waals surface area (Å²) in [6.07, 6.45) is 1.82. The first-order valence-corrected chi connectivity index (χ1v) is 5.81. The van der Waals surface area contributed by atoms with Gasteiger partial charge in [0, 0.05) is 31.5 Å². The highest BCUT2D eigenvalue weighted by atomic mass is 15.0. The van der Waals surface area contributed by atoms with Crippen molar-refractivity contribution in [2.45, 2.75) is 27.7 Å². The Kier molecular flexibility index (Phi) is 4.16. The average molecular weight is 221 g/mol. The Morgan fingerprint density at radius 3 is 2.62 bits per heavy atom. The molecule has 16 heavy (non-hydrogen) atoms. The second-order valence-corrected chi connectivity index (χ2v) is 5.33. The van der Waals surface area contributed by atoms with E-state index in [1.54, 1.807) is 0 Å². The zero-order valence-corrected chi connectivity index (χ0v) is 11.0. The summed E-state index contributed by atoms with van der Waals surface area (Å²) in [5, 5.41) is 6.48. The number of rotatable bonds is 4. The Morgan fingerprint density at radius 2 is 2.06 bits per heavy atom. The maximum Gasteiger partial charge on any atom is 0.127 e. The Balaban J connectivity index is 2.54. The van der Waals surface area contributed by atoms with Gasteiger partial charge >= 0.3 is 0 Å². The van der Waals surface area contributed by atoms with Crippen LogP contribution in [0.3, 0.4) is 0 Å². The molecule has 0 amide bonds. The lowest BCUT2D eigenvalue weighted by molar-refractivity contribution is 0.274. The molecule has 1 atom stereocenters. The molecule has 0 aliphatic carbocycles. The molecule has 1 rings (SSSR count). The molecule has 0 saturated heterocycles. The summed E-state index contributed by atoms with van der Waals surface area (Å²) in [7, 11) is 1.88. The minimum Gasteiger partial charge on any atom is -0.385 e. The maximum absolute atomic E-state index is 4.18. The van der Waals surface area contributed by atoms with Crippen LogP contribution in [0.4, 0.5) is 11.5 Å². The number of nitrogens with one attached hydrogen (secondary N) is 2. The van der Waals surface area contributed by atoms with Gasteiger partial charge < -0.3 is 10.6 Å². The van der Waals surface area contributed by atoms with Crippen molar-refractivity contribution in [2.24, 2.45) is 11.3 Å². The van der Waals surface area contributed by atoms with Gasteiger partial charge in [-0.1, -0.05) is 27.7 Å². The van der Waals surface area contributed by atoms with Crippen LogP contribution in [-0.2, 0) is 0 Å². The molecule has 0 fully saturated rings. The standard InChI is InChI=1S/C13H23N3/c1-10(13(2,3)4)9-16-11-6-7-15-12(8-11)14-5/h6-8,10H,9H2,1-5H3,(H2,14,15,16). The van der Waals surface area contributed by atoms with Gasteiger partial charge in [-0.3, -0.25) is 0 Å². The predicted octanol–water partition coefficient (Wildman–Crippen LogP) is 3.22. The van der Waals surface area contributed by atoms with E-state index >= 15 is 0 Å². The van der Waals surface area contributed by atoms with Crippen LogP contribution in [-0.4, -0.2) is 18.6 Å². The fourth-order valence-electron chi connectivity index (χ4n) is 1.25. The third-order valence-electron chi connectivity index (χ3n) is 3.11. The lowest BCUT2D eigenvalue weighted by Crippen LogP contribution is -2.24. The average Bonchev–Trinajstić information content (AvgIpc) is 2.25. The topological polar surface area (TPSA) is 37.0 Å². The molecule has 0 aliphatic heterocycles. The first-order chi connectivity index (χ1) is 7.43. The van der Waals surface area contributed by atoms with Crippen LogP contribution in [0.2, 0.25) is 0 Å². The van der Waals surface area contributed by atoms with Gasteiger partial charge in [0.15, 0.2) is 0 Å². The van der Waals surface area contributed by atoms with Gasteiger partial charge in [0.1, 0.15) is 5.82 Å². The van der Waals surface area contributed by atoms with Gasteiger partial charge in [-0.25, -0.2) is 4.98 Å². The van der Waals surface area contributed by atoms with Gasteiger partial charge in [0.25, 0.3) is 0 Å². The smallest absolute Gasteiger partial charge is 0.127 e. The van der Waals surface area contributed by atoms with Gasteiger partial charge in [0.05, 0.1) is 0 Å². The van der Waals surface area contributed by atoms with E-state index in [0.29, 0.717) is 11.3 Å². The molecule has 3 nitrogen and oxygen atoms in total. The zero-order valence-electron chi connectivity index (χ0n) is 11.0. The summed E-state index contributed by atoms with van der Waals surface area (Å²) >= 11 is 0. The first kappa shape index (κ1) is 12.8. The van der Waals surface area contributed by atoms with E-state index in [1.165, 1.54) is 0 Å². The van der Waals surface area contributed by atoms with Crippen LogP contribution >= 0.6 is 0 Å². The van der Waals surface area contributed by atoms with Crippen molar-refractivity contribution in [2.75, 3.05) is 24.2 Å². The van der Waals surface area contributed by atoms with Crippen LogP contribution < -0.4 is 10.6 Å². The molecule has 0 spiro atoms. The lowest BCUT2D eigenvalue weighted by atomic mass is 9.82. The second kappa shape index (κ2) is 5.19. The predicted molar refractivity (Wildman–Crippen MR) is 70.9 cm³/mol. The van der Waals surface area contributed by atoms with Crippen LogP contribution in [0.5, 0.6) is 0 Å². The number of anilines is 2. The van der Waals surface area contributed by atoms with Crippen molar-refractivity contribution >= 4 is 11.5 Å². The molecule has 1 aromatic rings. The molecule has 0 aliphatic rings. The Morgan fingerprint density at radius 1 is 1.38 bits per heavy atom. The summed E-state index contributed by atoms with van der Waals surface area (Å²) < 4.78 is 0. The number of hydrogen-bond acceptors (Lipinski definition) is 3. The van der Waals surface area contributed by atoms with Gasteiger partial charge in [0.2, 0.25) is 0 Å². The summed E-state index contributed by atoms with van der Waals surface area (Å²) in [4.78, 5) is 4.18. The van der Waals surface area contributed by atoms with Crippen LogP contribution in [0.25, 0.3) is 0 Å². The Bertz CT molecular complexity index is 328. The zero-order chi connectivity index (χ0) is 12.2. The number of pyridine rings is 1. The monoisotopic (exact) mass is 221 g/mol. The lowest BCUT2D eigenvalue weighted by Gasteiger charge is -2.27. The van der Waals surface area contributed by atoms with E-state index in [2.05, 4.69) is 43.3 Å². The van der Waals surface area contributed by atoms with Crippen molar-refractivity contribution < 1.29 is 0 Å². The van der Waals surface area contributed by atoms with Crippen molar-refractivity contribution in [3.8, 4) is 0 Å². The molecule has 90 valence electrons. The Labute approximate surface area is 98.7 Å². The fourth-order valence-corrected chi connectivity index (χ4v) is 1.25. The molecular formula is C13H23N3. The quantitative estimate of drug-likeness (QED) is 0.819. The molecule has 1 aromatic heterocycles. The third-order valence-corrected chi connectivity index (χ3v) is 3.11. The van der Waals surface area contributed by atoms with E-state index in [-0.39, 0.29) is 0 Å². The third kappa shape index (κ3) is 3.72. The van der Waals surface area contributed by atoms with Gasteiger partial charge in [-0.05, 0) is 17.4 Å². The molecular weight excluding hydrogens is 198 g/mol. The van der Waals surface area contributed by atoms with Crippen LogP contribution in [0, 0.1) is 11.3 Å². The minimum absolute atomic E-state index is 0.339. The molecule has 0 bridgehead atoms. The second-order valence-electron chi connectivity index (χ2n) is 5.33. The molecule has 2 N–H and O–H groups in total. The van der Waals surface area contributed by atoms with Gasteiger partial charge in [-0.2, -0.15) is 0 Å². The summed E-state index contributed by atoms with van der Waals surface area (Å²) in [5.41, 5.74) is 1.46. The van der Waals surface area contributed by atoms with Crippen molar-refractivity contribution in [1.29, 1.82) is 0 Å². The number of aromatic nitrogens is 1. The Hall–Kier alpha value is -1.25. The van der Waals surface area contributed by atoms with Gasteiger partial charge in [-0.15, -0.1) is 0 Å². The molecule has 1 heterocycles. The molecule has 1 unspecified atom stereocenters. The minimum atomic E-state index is 0.339. The maximum atomic E-state index is 4.18. The van der Waals surface area contributed by atoms with Crippen LogP contribution in [0.15, 0.2) is 18.3 Å².